The van der Waals surface area contributed by atoms with Gasteiger partial charge in [0.1, 0.15) is 5.92 Å². The summed E-state index contributed by atoms with van der Waals surface area (Å²) >= 11 is 11.6. The van der Waals surface area contributed by atoms with Gasteiger partial charge in [-0.05, 0) is 17.7 Å². The van der Waals surface area contributed by atoms with E-state index < -0.39 is 11.9 Å². The van der Waals surface area contributed by atoms with Gasteiger partial charge in [-0.1, -0.05) is 29.3 Å². The number of methoxy groups -OCH3 is 1. The van der Waals surface area contributed by atoms with Gasteiger partial charge in [-0.25, -0.2) is 0 Å². The molecule has 0 radical (unpaired) electrons. The van der Waals surface area contributed by atoms with Crippen LogP contribution < -0.4 is 0 Å². The zero-order chi connectivity index (χ0) is 11.4. The third-order valence-electron chi connectivity index (χ3n) is 2.01. The summed E-state index contributed by atoms with van der Waals surface area (Å²) in [6.07, 6.45) is 0. The molecule has 1 rings (SSSR count). The van der Waals surface area contributed by atoms with Gasteiger partial charge in [0.05, 0.1) is 13.7 Å². The minimum atomic E-state index is -0.764. The fourth-order valence-electron chi connectivity index (χ4n) is 1.23. The SMILES string of the molecule is COC(=O)[C@@H](CO)c1ccc(Cl)cc1Cl. The fraction of sp³-hybridized carbons (Fsp3) is 0.300. The molecule has 1 aromatic carbocycles. The van der Waals surface area contributed by atoms with E-state index in [9.17, 15) is 4.79 Å². The molecule has 0 aromatic heterocycles. The van der Waals surface area contributed by atoms with Gasteiger partial charge < -0.3 is 9.84 Å². The molecule has 0 aliphatic rings. The van der Waals surface area contributed by atoms with Crippen molar-refractivity contribution >= 4 is 29.2 Å². The summed E-state index contributed by atoms with van der Waals surface area (Å²) in [5.74, 6) is -1.29. The lowest BCUT2D eigenvalue weighted by Crippen LogP contribution is -2.18. The number of hydrogen-bond acceptors (Lipinski definition) is 3. The van der Waals surface area contributed by atoms with Crippen LogP contribution >= 0.6 is 23.2 Å². The maximum atomic E-state index is 11.3. The predicted molar refractivity (Wildman–Crippen MR) is 58.3 cm³/mol. The van der Waals surface area contributed by atoms with Crippen molar-refractivity contribution in [2.45, 2.75) is 5.92 Å². The molecule has 15 heavy (non-hydrogen) atoms. The zero-order valence-corrected chi connectivity index (χ0v) is 9.55. The van der Waals surface area contributed by atoms with Gasteiger partial charge in [-0.2, -0.15) is 0 Å². The van der Waals surface area contributed by atoms with Gasteiger partial charge in [0.2, 0.25) is 0 Å². The zero-order valence-electron chi connectivity index (χ0n) is 8.04. The average Bonchev–Trinajstić information content (AvgIpc) is 2.21. The quantitative estimate of drug-likeness (QED) is 0.835. The number of aliphatic hydroxyl groups is 1. The standard InChI is InChI=1S/C10H10Cl2O3/c1-15-10(14)8(5-13)7-3-2-6(11)4-9(7)12/h2-4,8,13H,5H2,1H3/t8-/m0/s1. The van der Waals surface area contributed by atoms with Crippen molar-refractivity contribution in [1.82, 2.24) is 0 Å². The van der Waals surface area contributed by atoms with E-state index in [1.54, 1.807) is 12.1 Å². The molecule has 3 nitrogen and oxygen atoms in total. The molecule has 1 atom stereocenters. The van der Waals surface area contributed by atoms with Crippen molar-refractivity contribution in [3.05, 3.63) is 33.8 Å². The van der Waals surface area contributed by atoms with Crippen LogP contribution in [0.3, 0.4) is 0 Å². The van der Waals surface area contributed by atoms with Crippen molar-refractivity contribution in [2.24, 2.45) is 0 Å². The van der Waals surface area contributed by atoms with Crippen molar-refractivity contribution < 1.29 is 14.6 Å². The summed E-state index contributed by atoms with van der Waals surface area (Å²) in [4.78, 5) is 11.3. The van der Waals surface area contributed by atoms with E-state index in [-0.39, 0.29) is 6.61 Å². The fourth-order valence-corrected chi connectivity index (χ4v) is 1.77. The van der Waals surface area contributed by atoms with Crippen molar-refractivity contribution in [1.29, 1.82) is 0 Å². The minimum Gasteiger partial charge on any atom is -0.468 e. The summed E-state index contributed by atoms with van der Waals surface area (Å²) < 4.78 is 4.55. The molecular weight excluding hydrogens is 239 g/mol. The molecule has 0 spiro atoms. The lowest BCUT2D eigenvalue weighted by atomic mass is 10.0. The van der Waals surface area contributed by atoms with Crippen molar-refractivity contribution in [2.75, 3.05) is 13.7 Å². The van der Waals surface area contributed by atoms with E-state index in [1.807, 2.05) is 0 Å². The lowest BCUT2D eigenvalue weighted by molar-refractivity contribution is -0.143. The summed E-state index contributed by atoms with van der Waals surface area (Å²) in [6, 6.07) is 4.72. The number of carbonyl (C=O) groups is 1. The van der Waals surface area contributed by atoms with Gasteiger partial charge in [-0.3, -0.25) is 4.79 Å². The molecule has 0 heterocycles. The molecule has 82 valence electrons. The first-order chi connectivity index (χ1) is 7.10. The second-order valence-electron chi connectivity index (χ2n) is 2.92. The Labute approximate surface area is 97.6 Å². The second-order valence-corrected chi connectivity index (χ2v) is 3.77. The number of esters is 1. The molecule has 1 aromatic rings. The van der Waals surface area contributed by atoms with E-state index in [0.717, 1.165) is 0 Å². The molecule has 0 aliphatic heterocycles. The van der Waals surface area contributed by atoms with Crippen molar-refractivity contribution in [3.8, 4) is 0 Å². The Morgan fingerprint density at radius 3 is 2.67 bits per heavy atom. The van der Waals surface area contributed by atoms with E-state index >= 15 is 0 Å². The lowest BCUT2D eigenvalue weighted by Gasteiger charge is -2.13. The highest BCUT2D eigenvalue weighted by Gasteiger charge is 2.22. The van der Waals surface area contributed by atoms with Crippen LogP contribution in [0.25, 0.3) is 0 Å². The van der Waals surface area contributed by atoms with E-state index in [1.165, 1.54) is 13.2 Å². The molecule has 0 aliphatic carbocycles. The Morgan fingerprint density at radius 1 is 1.53 bits per heavy atom. The maximum Gasteiger partial charge on any atom is 0.315 e. The topological polar surface area (TPSA) is 46.5 Å². The van der Waals surface area contributed by atoms with Gasteiger partial charge in [0, 0.05) is 10.0 Å². The number of carbonyl (C=O) groups excluding carboxylic acids is 1. The summed E-state index contributed by atoms with van der Waals surface area (Å²) in [5, 5.41) is 9.90. The number of halogens is 2. The highest BCUT2D eigenvalue weighted by atomic mass is 35.5. The molecule has 1 N–H and O–H groups in total. The molecule has 5 heteroatoms. The van der Waals surface area contributed by atoms with Crippen LogP contribution in [0.1, 0.15) is 11.5 Å². The molecule has 0 fully saturated rings. The third kappa shape index (κ3) is 2.84. The second kappa shape index (κ2) is 5.35. The van der Waals surface area contributed by atoms with Gasteiger partial charge in [0.25, 0.3) is 0 Å². The number of hydrogen-bond donors (Lipinski definition) is 1. The Bertz CT molecular complexity index is 366. The molecule has 0 saturated carbocycles. The molecule has 0 unspecified atom stereocenters. The van der Waals surface area contributed by atoms with E-state index in [0.29, 0.717) is 15.6 Å². The van der Waals surface area contributed by atoms with Crippen LogP contribution in [0.4, 0.5) is 0 Å². The smallest absolute Gasteiger partial charge is 0.315 e. The first-order valence-corrected chi connectivity index (χ1v) is 4.99. The summed E-state index contributed by atoms with van der Waals surface area (Å²) in [5.41, 5.74) is 0.510. The summed E-state index contributed by atoms with van der Waals surface area (Å²) in [7, 11) is 1.26. The molecule has 0 bridgehead atoms. The Hall–Kier alpha value is -0.770. The predicted octanol–water partition coefficient (Wildman–Crippen LogP) is 2.24. The Kier molecular flexibility index (Phi) is 4.39. The molecule has 0 amide bonds. The highest BCUT2D eigenvalue weighted by molar-refractivity contribution is 6.35. The first-order valence-electron chi connectivity index (χ1n) is 4.23. The Balaban J connectivity index is 3.07. The van der Waals surface area contributed by atoms with Gasteiger partial charge in [0.15, 0.2) is 0 Å². The average molecular weight is 249 g/mol. The number of aliphatic hydroxyl groups excluding tert-OH is 1. The van der Waals surface area contributed by atoms with E-state index in [2.05, 4.69) is 4.74 Å². The normalized spacial score (nSPS) is 12.3. The van der Waals surface area contributed by atoms with Crippen molar-refractivity contribution in [3.63, 3.8) is 0 Å². The van der Waals surface area contributed by atoms with E-state index in [4.69, 9.17) is 28.3 Å². The van der Waals surface area contributed by atoms with Gasteiger partial charge in [-0.15, -0.1) is 0 Å². The Morgan fingerprint density at radius 2 is 2.20 bits per heavy atom. The van der Waals surface area contributed by atoms with Crippen LogP contribution in [0.15, 0.2) is 18.2 Å². The van der Waals surface area contributed by atoms with Crippen LogP contribution in [-0.4, -0.2) is 24.8 Å². The maximum absolute atomic E-state index is 11.3. The van der Waals surface area contributed by atoms with Gasteiger partial charge >= 0.3 is 5.97 Å². The summed E-state index contributed by atoms with van der Waals surface area (Å²) in [6.45, 7) is -0.353. The monoisotopic (exact) mass is 248 g/mol. The van der Waals surface area contributed by atoms with Crippen LogP contribution in [0.5, 0.6) is 0 Å². The van der Waals surface area contributed by atoms with Crippen LogP contribution in [-0.2, 0) is 9.53 Å². The minimum absolute atomic E-state index is 0.340. The number of ether oxygens (including phenoxy) is 1. The first kappa shape index (κ1) is 12.3. The van der Waals surface area contributed by atoms with Crippen LogP contribution in [0, 0.1) is 0 Å². The van der Waals surface area contributed by atoms with Crippen LogP contribution in [0.2, 0.25) is 10.0 Å². The highest BCUT2D eigenvalue weighted by Crippen LogP contribution is 2.28. The third-order valence-corrected chi connectivity index (χ3v) is 2.57. The number of rotatable bonds is 3. The molecule has 0 saturated heterocycles. The largest absolute Gasteiger partial charge is 0.468 e. The molecular formula is C10H10Cl2O3. The number of benzene rings is 1.